The SMILES string of the molecule is CC(CI)c1cncnc1. The van der Waals surface area contributed by atoms with Crippen LogP contribution in [0.25, 0.3) is 0 Å². The maximum Gasteiger partial charge on any atom is 0.115 e. The fraction of sp³-hybridized carbons (Fsp3) is 0.429. The lowest BCUT2D eigenvalue weighted by Crippen LogP contribution is -1.95. The molecule has 1 unspecified atom stereocenters. The molecular formula is C7H9IN2. The average Bonchev–Trinajstić information content (AvgIpc) is 2.05. The first kappa shape index (κ1) is 7.91. The lowest BCUT2D eigenvalue weighted by atomic mass is 10.1. The molecule has 1 aromatic heterocycles. The Balaban J connectivity index is 2.75. The zero-order valence-corrected chi connectivity index (χ0v) is 7.95. The van der Waals surface area contributed by atoms with Crippen molar-refractivity contribution >= 4 is 22.6 Å². The van der Waals surface area contributed by atoms with Gasteiger partial charge in [0.15, 0.2) is 0 Å². The van der Waals surface area contributed by atoms with Crippen molar-refractivity contribution in [2.24, 2.45) is 0 Å². The monoisotopic (exact) mass is 248 g/mol. The first-order valence-electron chi connectivity index (χ1n) is 3.15. The van der Waals surface area contributed by atoms with Gasteiger partial charge in [-0.05, 0) is 11.5 Å². The van der Waals surface area contributed by atoms with Gasteiger partial charge < -0.3 is 0 Å². The summed E-state index contributed by atoms with van der Waals surface area (Å²) in [7, 11) is 0. The van der Waals surface area contributed by atoms with Crippen LogP contribution in [0.4, 0.5) is 0 Å². The molecule has 10 heavy (non-hydrogen) atoms. The Morgan fingerprint density at radius 1 is 1.50 bits per heavy atom. The van der Waals surface area contributed by atoms with Crippen LogP contribution in [0.15, 0.2) is 18.7 Å². The van der Waals surface area contributed by atoms with Gasteiger partial charge in [-0.3, -0.25) is 0 Å². The third-order valence-corrected chi connectivity index (χ3v) is 2.70. The molecule has 0 aliphatic carbocycles. The molecule has 0 saturated carbocycles. The summed E-state index contributed by atoms with van der Waals surface area (Å²) in [6.45, 7) is 2.17. The molecule has 0 fully saturated rings. The molecule has 0 aliphatic heterocycles. The molecular weight excluding hydrogens is 239 g/mol. The second-order valence-electron chi connectivity index (χ2n) is 2.23. The number of hydrogen-bond acceptors (Lipinski definition) is 2. The Hall–Kier alpha value is -0.190. The van der Waals surface area contributed by atoms with E-state index in [-0.39, 0.29) is 0 Å². The molecule has 0 bridgehead atoms. The van der Waals surface area contributed by atoms with Crippen molar-refractivity contribution in [1.29, 1.82) is 0 Å². The Bertz CT molecular complexity index is 188. The fourth-order valence-corrected chi connectivity index (χ4v) is 1.16. The zero-order valence-electron chi connectivity index (χ0n) is 5.79. The normalized spacial score (nSPS) is 13.0. The summed E-state index contributed by atoms with van der Waals surface area (Å²) in [5, 5.41) is 0. The van der Waals surface area contributed by atoms with Crippen molar-refractivity contribution in [2.75, 3.05) is 4.43 Å². The molecule has 1 rings (SSSR count). The summed E-state index contributed by atoms with van der Waals surface area (Å²) >= 11 is 2.36. The highest BCUT2D eigenvalue weighted by Crippen LogP contribution is 2.14. The lowest BCUT2D eigenvalue weighted by molar-refractivity contribution is 0.871. The molecule has 1 atom stereocenters. The van der Waals surface area contributed by atoms with E-state index in [2.05, 4.69) is 39.5 Å². The van der Waals surface area contributed by atoms with E-state index in [9.17, 15) is 0 Å². The summed E-state index contributed by atoms with van der Waals surface area (Å²) in [6, 6.07) is 0. The van der Waals surface area contributed by atoms with Crippen LogP contribution in [-0.2, 0) is 0 Å². The molecule has 1 heterocycles. The van der Waals surface area contributed by atoms with E-state index in [0.29, 0.717) is 5.92 Å². The molecule has 0 N–H and O–H groups in total. The number of alkyl halides is 1. The molecule has 2 nitrogen and oxygen atoms in total. The third kappa shape index (κ3) is 1.90. The minimum atomic E-state index is 0.571. The van der Waals surface area contributed by atoms with Crippen molar-refractivity contribution in [3.8, 4) is 0 Å². The second kappa shape index (κ2) is 3.85. The van der Waals surface area contributed by atoms with Gasteiger partial charge in [0.1, 0.15) is 6.33 Å². The minimum absolute atomic E-state index is 0.571. The van der Waals surface area contributed by atoms with E-state index in [4.69, 9.17) is 0 Å². The molecule has 0 radical (unpaired) electrons. The number of aromatic nitrogens is 2. The second-order valence-corrected chi connectivity index (χ2v) is 3.11. The Kier molecular flexibility index (Phi) is 3.05. The van der Waals surface area contributed by atoms with Crippen molar-refractivity contribution < 1.29 is 0 Å². The third-order valence-electron chi connectivity index (χ3n) is 1.38. The molecule has 0 aromatic carbocycles. The molecule has 0 saturated heterocycles. The van der Waals surface area contributed by atoms with Gasteiger partial charge in [-0.25, -0.2) is 9.97 Å². The van der Waals surface area contributed by atoms with Gasteiger partial charge in [-0.15, -0.1) is 0 Å². The predicted molar refractivity (Wildman–Crippen MR) is 49.3 cm³/mol. The summed E-state index contributed by atoms with van der Waals surface area (Å²) in [5.41, 5.74) is 1.22. The van der Waals surface area contributed by atoms with Crippen LogP contribution in [0.2, 0.25) is 0 Å². The summed E-state index contributed by atoms with van der Waals surface area (Å²) in [4.78, 5) is 7.88. The van der Waals surface area contributed by atoms with Crippen LogP contribution >= 0.6 is 22.6 Å². The maximum atomic E-state index is 3.94. The van der Waals surface area contributed by atoms with Crippen LogP contribution < -0.4 is 0 Å². The lowest BCUT2D eigenvalue weighted by Gasteiger charge is -2.04. The molecule has 0 aliphatic rings. The summed E-state index contributed by atoms with van der Waals surface area (Å²) in [5.74, 6) is 0.571. The van der Waals surface area contributed by atoms with Crippen molar-refractivity contribution in [1.82, 2.24) is 9.97 Å². The predicted octanol–water partition coefficient (Wildman–Crippen LogP) is 2.02. The van der Waals surface area contributed by atoms with Gasteiger partial charge in [0.25, 0.3) is 0 Å². The van der Waals surface area contributed by atoms with E-state index >= 15 is 0 Å². The van der Waals surface area contributed by atoms with E-state index in [0.717, 1.165) is 4.43 Å². The van der Waals surface area contributed by atoms with E-state index in [1.807, 2.05) is 12.4 Å². The van der Waals surface area contributed by atoms with E-state index in [1.165, 1.54) is 5.56 Å². The Morgan fingerprint density at radius 2 is 2.10 bits per heavy atom. The fourth-order valence-electron chi connectivity index (χ4n) is 0.654. The van der Waals surface area contributed by atoms with Crippen LogP contribution in [0.3, 0.4) is 0 Å². The van der Waals surface area contributed by atoms with Crippen LogP contribution in [0, 0.1) is 0 Å². The first-order chi connectivity index (χ1) is 4.84. The standard InChI is InChI=1S/C7H9IN2/c1-6(2-8)7-3-9-5-10-4-7/h3-6H,2H2,1H3. The summed E-state index contributed by atoms with van der Waals surface area (Å²) in [6.07, 6.45) is 5.30. The number of halogens is 1. The van der Waals surface area contributed by atoms with Crippen LogP contribution in [0.1, 0.15) is 18.4 Å². The van der Waals surface area contributed by atoms with Gasteiger partial charge in [0.2, 0.25) is 0 Å². The van der Waals surface area contributed by atoms with E-state index in [1.54, 1.807) is 6.33 Å². The molecule has 54 valence electrons. The van der Waals surface area contributed by atoms with Gasteiger partial charge in [-0.2, -0.15) is 0 Å². The van der Waals surface area contributed by atoms with Gasteiger partial charge >= 0.3 is 0 Å². The molecule has 3 heteroatoms. The molecule has 0 spiro atoms. The van der Waals surface area contributed by atoms with Crippen molar-refractivity contribution in [3.63, 3.8) is 0 Å². The highest BCUT2D eigenvalue weighted by atomic mass is 127. The highest BCUT2D eigenvalue weighted by Gasteiger charge is 2.01. The Morgan fingerprint density at radius 3 is 2.60 bits per heavy atom. The Labute approximate surface area is 74.2 Å². The number of nitrogens with zero attached hydrogens (tertiary/aromatic N) is 2. The van der Waals surface area contributed by atoms with Crippen LogP contribution in [0.5, 0.6) is 0 Å². The minimum Gasteiger partial charge on any atom is -0.245 e. The number of hydrogen-bond donors (Lipinski definition) is 0. The van der Waals surface area contributed by atoms with E-state index < -0.39 is 0 Å². The van der Waals surface area contributed by atoms with Crippen molar-refractivity contribution in [2.45, 2.75) is 12.8 Å². The van der Waals surface area contributed by atoms with Crippen LogP contribution in [-0.4, -0.2) is 14.4 Å². The van der Waals surface area contributed by atoms with Gasteiger partial charge in [-0.1, -0.05) is 29.5 Å². The highest BCUT2D eigenvalue weighted by molar-refractivity contribution is 14.1. The largest absolute Gasteiger partial charge is 0.245 e. The average molecular weight is 248 g/mol. The van der Waals surface area contributed by atoms with Gasteiger partial charge in [0.05, 0.1) is 0 Å². The van der Waals surface area contributed by atoms with Gasteiger partial charge in [0, 0.05) is 16.8 Å². The zero-order chi connectivity index (χ0) is 7.40. The summed E-state index contributed by atoms with van der Waals surface area (Å²) < 4.78 is 1.12. The topological polar surface area (TPSA) is 25.8 Å². The van der Waals surface area contributed by atoms with Crippen molar-refractivity contribution in [3.05, 3.63) is 24.3 Å². The molecule has 0 amide bonds. The maximum absolute atomic E-state index is 3.94. The number of rotatable bonds is 2. The quantitative estimate of drug-likeness (QED) is 0.591. The smallest absolute Gasteiger partial charge is 0.115 e. The first-order valence-corrected chi connectivity index (χ1v) is 4.68. The molecule has 1 aromatic rings.